The first-order valence-electron chi connectivity index (χ1n) is 6.52. The van der Waals surface area contributed by atoms with Crippen LogP contribution in [0.2, 0.25) is 0 Å². The van der Waals surface area contributed by atoms with Gasteiger partial charge in [0.15, 0.2) is 0 Å². The van der Waals surface area contributed by atoms with Crippen LogP contribution in [0.1, 0.15) is 22.8 Å². The van der Waals surface area contributed by atoms with Crippen LogP contribution < -0.4 is 5.32 Å². The zero-order valence-corrected chi connectivity index (χ0v) is 11.7. The van der Waals surface area contributed by atoms with Crippen LogP contribution in [0.3, 0.4) is 0 Å². The zero-order chi connectivity index (χ0) is 15.1. The van der Waals surface area contributed by atoms with Crippen LogP contribution in [0.5, 0.6) is 0 Å². The van der Waals surface area contributed by atoms with E-state index in [0.717, 1.165) is 0 Å². The molecule has 0 radical (unpaired) electrons. The van der Waals surface area contributed by atoms with Gasteiger partial charge < -0.3 is 10.4 Å². The van der Waals surface area contributed by atoms with Crippen molar-refractivity contribution in [2.24, 2.45) is 0 Å². The van der Waals surface area contributed by atoms with Crippen molar-refractivity contribution in [1.82, 2.24) is 20.1 Å². The average Bonchev–Trinajstić information content (AvgIpc) is 2.98. The van der Waals surface area contributed by atoms with Gasteiger partial charge in [0.1, 0.15) is 6.61 Å². The number of nitrogens with zero attached hydrogens (tertiary/aromatic N) is 3. The van der Waals surface area contributed by atoms with Crippen LogP contribution in [0.4, 0.5) is 0 Å². The van der Waals surface area contributed by atoms with Crippen molar-refractivity contribution in [3.8, 4) is 11.8 Å². The van der Waals surface area contributed by atoms with Gasteiger partial charge >= 0.3 is 0 Å². The number of nitrogens with one attached hydrogen (secondary N) is 1. The second kappa shape index (κ2) is 7.22. The first-order chi connectivity index (χ1) is 10.2. The van der Waals surface area contributed by atoms with E-state index < -0.39 is 0 Å². The highest BCUT2D eigenvalue weighted by Gasteiger charge is 2.13. The first kappa shape index (κ1) is 14.8. The molecule has 1 atom stereocenters. The standard InChI is InChI=1S/C15H16N4O2/c1-12(11-19-8-3-6-17-19)18-15(21)14-5-7-16-10-13(14)4-2-9-20/h3,5-8,10,12,20H,9,11H2,1H3,(H,18,21). The molecule has 0 aromatic carbocycles. The number of amides is 1. The molecule has 6 nitrogen and oxygen atoms in total. The third-order valence-electron chi connectivity index (χ3n) is 2.77. The zero-order valence-electron chi connectivity index (χ0n) is 11.7. The van der Waals surface area contributed by atoms with Gasteiger partial charge in [-0.1, -0.05) is 11.8 Å². The Hall–Kier alpha value is -2.65. The lowest BCUT2D eigenvalue weighted by molar-refractivity contribution is 0.0935. The lowest BCUT2D eigenvalue weighted by atomic mass is 10.1. The van der Waals surface area contributed by atoms with Crippen molar-refractivity contribution in [2.45, 2.75) is 19.5 Å². The maximum absolute atomic E-state index is 12.3. The van der Waals surface area contributed by atoms with E-state index in [1.54, 1.807) is 16.9 Å². The molecule has 108 valence electrons. The Labute approximate surface area is 122 Å². The van der Waals surface area contributed by atoms with Crippen LogP contribution >= 0.6 is 0 Å². The summed E-state index contributed by atoms with van der Waals surface area (Å²) >= 11 is 0. The topological polar surface area (TPSA) is 80.0 Å². The van der Waals surface area contributed by atoms with E-state index in [2.05, 4.69) is 27.2 Å². The molecule has 0 aliphatic heterocycles. The quantitative estimate of drug-likeness (QED) is 0.798. The number of aliphatic hydroxyl groups is 1. The van der Waals surface area contributed by atoms with Crippen molar-refractivity contribution in [3.63, 3.8) is 0 Å². The van der Waals surface area contributed by atoms with Crippen molar-refractivity contribution < 1.29 is 9.90 Å². The molecule has 0 saturated heterocycles. The highest BCUT2D eigenvalue weighted by Crippen LogP contribution is 2.06. The molecule has 6 heteroatoms. The molecule has 2 rings (SSSR count). The molecule has 0 bridgehead atoms. The Bertz CT molecular complexity index is 656. The van der Waals surface area contributed by atoms with Gasteiger partial charge in [0.2, 0.25) is 0 Å². The largest absolute Gasteiger partial charge is 0.384 e. The minimum Gasteiger partial charge on any atom is -0.384 e. The van der Waals surface area contributed by atoms with Crippen LogP contribution in [0.25, 0.3) is 0 Å². The maximum Gasteiger partial charge on any atom is 0.252 e. The van der Waals surface area contributed by atoms with E-state index in [9.17, 15) is 4.79 Å². The summed E-state index contributed by atoms with van der Waals surface area (Å²) < 4.78 is 1.75. The molecule has 2 heterocycles. The van der Waals surface area contributed by atoms with E-state index in [1.165, 1.54) is 12.4 Å². The van der Waals surface area contributed by atoms with Gasteiger partial charge in [0.05, 0.1) is 17.7 Å². The van der Waals surface area contributed by atoms with Gasteiger partial charge in [-0.25, -0.2) is 0 Å². The fourth-order valence-corrected chi connectivity index (χ4v) is 1.86. The van der Waals surface area contributed by atoms with Gasteiger partial charge in [-0.15, -0.1) is 0 Å². The number of pyridine rings is 1. The lowest BCUT2D eigenvalue weighted by Crippen LogP contribution is -2.36. The van der Waals surface area contributed by atoms with Gasteiger partial charge in [0.25, 0.3) is 5.91 Å². The molecule has 0 aliphatic carbocycles. The maximum atomic E-state index is 12.3. The lowest BCUT2D eigenvalue weighted by Gasteiger charge is -2.14. The minimum absolute atomic E-state index is 0.0794. The van der Waals surface area contributed by atoms with Crippen LogP contribution in [-0.4, -0.2) is 38.4 Å². The summed E-state index contributed by atoms with van der Waals surface area (Å²) in [5.74, 6) is 5.02. The van der Waals surface area contributed by atoms with Gasteiger partial charge in [-0.05, 0) is 19.1 Å². The van der Waals surface area contributed by atoms with Gasteiger partial charge in [-0.3, -0.25) is 14.5 Å². The molecule has 1 unspecified atom stereocenters. The fraction of sp³-hybridized carbons (Fsp3) is 0.267. The van der Waals surface area contributed by atoms with E-state index >= 15 is 0 Å². The van der Waals surface area contributed by atoms with Crippen LogP contribution in [-0.2, 0) is 6.54 Å². The highest BCUT2D eigenvalue weighted by molar-refractivity contribution is 5.96. The minimum atomic E-state index is -0.258. The average molecular weight is 284 g/mol. The smallest absolute Gasteiger partial charge is 0.252 e. The molecule has 2 aromatic rings. The van der Waals surface area contributed by atoms with Gasteiger partial charge in [0, 0.05) is 30.8 Å². The molecule has 2 N–H and O–H groups in total. The second-order valence-electron chi connectivity index (χ2n) is 4.48. The summed E-state index contributed by atoms with van der Waals surface area (Å²) in [4.78, 5) is 16.2. The summed E-state index contributed by atoms with van der Waals surface area (Å²) in [5.41, 5.74) is 0.939. The number of hydrogen-bond donors (Lipinski definition) is 2. The molecule has 0 saturated carbocycles. The number of rotatable bonds is 4. The number of aliphatic hydroxyl groups excluding tert-OH is 1. The van der Waals surface area contributed by atoms with E-state index in [4.69, 9.17) is 5.11 Å². The Morgan fingerprint density at radius 2 is 2.38 bits per heavy atom. The van der Waals surface area contributed by atoms with Crippen molar-refractivity contribution >= 4 is 5.91 Å². The Morgan fingerprint density at radius 1 is 1.52 bits per heavy atom. The summed E-state index contributed by atoms with van der Waals surface area (Å²) in [6.45, 7) is 2.23. The molecule has 0 aliphatic rings. The van der Waals surface area contributed by atoms with Crippen LogP contribution in [0, 0.1) is 11.8 Å². The first-order valence-corrected chi connectivity index (χ1v) is 6.52. The van der Waals surface area contributed by atoms with Crippen molar-refractivity contribution in [1.29, 1.82) is 0 Å². The van der Waals surface area contributed by atoms with Crippen LogP contribution in [0.15, 0.2) is 36.9 Å². The normalized spacial score (nSPS) is 11.3. The summed E-state index contributed by atoms with van der Waals surface area (Å²) in [7, 11) is 0. The van der Waals surface area contributed by atoms with E-state index in [0.29, 0.717) is 17.7 Å². The molecular formula is C15H16N4O2. The predicted octanol–water partition coefficient (Wildman–Crippen LogP) is 0.440. The summed E-state index contributed by atoms with van der Waals surface area (Å²) in [6, 6.07) is 3.36. The Balaban J connectivity index is 2.06. The molecular weight excluding hydrogens is 268 g/mol. The van der Waals surface area contributed by atoms with E-state index in [-0.39, 0.29) is 18.6 Å². The summed E-state index contributed by atoms with van der Waals surface area (Å²) in [6.07, 6.45) is 6.58. The fourth-order valence-electron chi connectivity index (χ4n) is 1.86. The number of carbonyl (C=O) groups excluding carboxylic acids is 1. The summed E-state index contributed by atoms with van der Waals surface area (Å²) in [5, 5.41) is 15.7. The Morgan fingerprint density at radius 3 is 3.10 bits per heavy atom. The second-order valence-corrected chi connectivity index (χ2v) is 4.48. The number of aromatic nitrogens is 3. The third-order valence-corrected chi connectivity index (χ3v) is 2.77. The predicted molar refractivity (Wildman–Crippen MR) is 77.4 cm³/mol. The number of hydrogen-bond acceptors (Lipinski definition) is 4. The highest BCUT2D eigenvalue weighted by atomic mass is 16.2. The molecule has 2 aromatic heterocycles. The SMILES string of the molecule is CC(Cn1cccn1)NC(=O)c1ccncc1C#CCO. The molecule has 1 amide bonds. The third kappa shape index (κ3) is 4.16. The Kier molecular flexibility index (Phi) is 5.07. The van der Waals surface area contributed by atoms with Crippen molar-refractivity contribution in [3.05, 3.63) is 48.0 Å². The molecule has 0 spiro atoms. The monoisotopic (exact) mass is 284 g/mol. The van der Waals surface area contributed by atoms with Gasteiger partial charge in [-0.2, -0.15) is 5.10 Å². The molecule has 0 fully saturated rings. The number of carbonyl (C=O) groups is 1. The van der Waals surface area contributed by atoms with Crippen molar-refractivity contribution in [2.75, 3.05) is 6.61 Å². The van der Waals surface area contributed by atoms with E-state index in [1.807, 2.05) is 19.2 Å². The molecule has 21 heavy (non-hydrogen) atoms.